The Labute approximate surface area is 152 Å². The number of carbonyl (C=O) groups excluding carboxylic acids is 2. The number of likely N-dealkylation sites (tertiary alicyclic amines) is 1. The highest BCUT2D eigenvalue weighted by atomic mass is 32.2. The number of thiophene rings is 1. The maximum Gasteiger partial charge on any atom is 0.230 e. The number of fused-ring (bicyclic) bond motifs is 2. The van der Waals surface area contributed by atoms with E-state index >= 15 is 0 Å². The molecule has 1 aliphatic carbocycles. The van der Waals surface area contributed by atoms with Crippen LogP contribution in [0.15, 0.2) is 17.5 Å². The fourth-order valence-corrected chi connectivity index (χ4v) is 5.14. The number of carbonyl (C=O) groups is 2. The van der Waals surface area contributed by atoms with Gasteiger partial charge in [-0.05, 0) is 55.2 Å². The van der Waals surface area contributed by atoms with Crippen LogP contribution in [-0.4, -0.2) is 47.9 Å². The molecule has 0 aromatic carbocycles. The number of amides is 2. The van der Waals surface area contributed by atoms with Gasteiger partial charge >= 0.3 is 0 Å². The number of hydrogen-bond acceptors (Lipinski definition) is 4. The minimum atomic E-state index is 0.139. The van der Waals surface area contributed by atoms with E-state index in [0.717, 1.165) is 38.8 Å². The van der Waals surface area contributed by atoms with E-state index in [2.05, 4.69) is 22.8 Å². The average Bonchev–Trinajstić information content (AvgIpc) is 3.13. The summed E-state index contributed by atoms with van der Waals surface area (Å²) < 4.78 is 0. The van der Waals surface area contributed by atoms with Gasteiger partial charge in [0, 0.05) is 30.4 Å². The Kier molecular flexibility index (Phi) is 6.22. The summed E-state index contributed by atoms with van der Waals surface area (Å²) in [5.41, 5.74) is 0. The molecule has 2 fully saturated rings. The molecule has 2 amide bonds. The molecule has 1 aromatic heterocycles. The Morgan fingerprint density at radius 2 is 2.08 bits per heavy atom. The Morgan fingerprint density at radius 3 is 2.71 bits per heavy atom. The van der Waals surface area contributed by atoms with Crippen LogP contribution in [0.25, 0.3) is 0 Å². The van der Waals surface area contributed by atoms with E-state index in [1.165, 1.54) is 4.88 Å². The lowest BCUT2D eigenvalue weighted by atomic mass is 9.91. The van der Waals surface area contributed by atoms with Gasteiger partial charge in [0.1, 0.15) is 0 Å². The Hall–Kier alpha value is -1.01. The number of hydrogen-bond donors (Lipinski definition) is 1. The van der Waals surface area contributed by atoms with Crippen LogP contribution < -0.4 is 5.32 Å². The molecule has 24 heavy (non-hydrogen) atoms. The summed E-state index contributed by atoms with van der Waals surface area (Å²) in [6, 6.07) is 4.48. The van der Waals surface area contributed by atoms with Crippen LogP contribution in [0.4, 0.5) is 0 Å². The molecule has 4 nitrogen and oxygen atoms in total. The zero-order chi connectivity index (χ0) is 16.9. The molecule has 2 bridgehead atoms. The van der Waals surface area contributed by atoms with Gasteiger partial charge in [0.25, 0.3) is 0 Å². The lowest BCUT2D eigenvalue weighted by Gasteiger charge is -2.38. The largest absolute Gasteiger partial charge is 0.352 e. The molecular formula is C18H26N2O2S2. The van der Waals surface area contributed by atoms with Crippen LogP contribution in [0.5, 0.6) is 0 Å². The maximum atomic E-state index is 12.5. The van der Waals surface area contributed by atoms with Gasteiger partial charge in [-0.1, -0.05) is 6.07 Å². The Bertz CT molecular complexity index is 547. The van der Waals surface area contributed by atoms with Gasteiger partial charge in [0.05, 0.1) is 5.75 Å². The van der Waals surface area contributed by atoms with Crippen molar-refractivity contribution in [3.63, 3.8) is 0 Å². The topological polar surface area (TPSA) is 49.4 Å². The van der Waals surface area contributed by atoms with Gasteiger partial charge in [-0.15, -0.1) is 11.3 Å². The van der Waals surface area contributed by atoms with Crippen molar-refractivity contribution >= 4 is 34.9 Å². The molecule has 1 N–H and O–H groups in total. The van der Waals surface area contributed by atoms with Crippen molar-refractivity contribution in [3.8, 4) is 0 Å². The molecule has 2 heterocycles. The van der Waals surface area contributed by atoms with E-state index in [0.29, 0.717) is 24.0 Å². The standard InChI is InChI=1S/C18H26N2O2S2/c1-23-12-16(21)19-18-13-7-8-14(18)11-20(10-13)17(22)6-2-4-15-5-3-9-24-15/h3,5,9,13-14,18H,2,4,6-8,10-12H2,1H3,(H,19,21)/t13-,14+,18?. The van der Waals surface area contributed by atoms with Gasteiger partial charge in [-0.25, -0.2) is 0 Å². The van der Waals surface area contributed by atoms with Crippen molar-refractivity contribution in [1.29, 1.82) is 0 Å². The van der Waals surface area contributed by atoms with Crippen LogP contribution in [0.1, 0.15) is 30.6 Å². The molecule has 6 heteroatoms. The molecule has 1 unspecified atom stereocenters. The number of rotatable bonds is 7. The Morgan fingerprint density at radius 1 is 1.33 bits per heavy atom. The van der Waals surface area contributed by atoms with Gasteiger partial charge in [-0.3, -0.25) is 9.59 Å². The maximum absolute atomic E-state index is 12.5. The summed E-state index contributed by atoms with van der Waals surface area (Å²) in [4.78, 5) is 27.8. The monoisotopic (exact) mass is 366 g/mol. The highest BCUT2D eigenvalue weighted by Crippen LogP contribution is 2.37. The second kappa shape index (κ2) is 8.39. The van der Waals surface area contributed by atoms with Crippen LogP contribution in [0.3, 0.4) is 0 Å². The van der Waals surface area contributed by atoms with E-state index in [1.54, 1.807) is 23.1 Å². The van der Waals surface area contributed by atoms with Crippen molar-refractivity contribution < 1.29 is 9.59 Å². The molecule has 0 spiro atoms. The molecule has 0 radical (unpaired) electrons. The van der Waals surface area contributed by atoms with E-state index in [4.69, 9.17) is 0 Å². The van der Waals surface area contributed by atoms with Gasteiger partial charge in [-0.2, -0.15) is 11.8 Å². The second-order valence-electron chi connectivity index (χ2n) is 6.86. The average molecular weight is 367 g/mol. The lowest BCUT2D eigenvalue weighted by molar-refractivity contribution is -0.134. The number of thioether (sulfide) groups is 1. The van der Waals surface area contributed by atoms with Crippen molar-refractivity contribution in [3.05, 3.63) is 22.4 Å². The SMILES string of the molecule is CSCC(=O)NC1[C@@H]2CC[C@H]1CN(C(=O)CCCc1cccs1)C2. The quantitative estimate of drug-likeness (QED) is 0.807. The summed E-state index contributed by atoms with van der Waals surface area (Å²) in [7, 11) is 0. The summed E-state index contributed by atoms with van der Waals surface area (Å²) in [5.74, 6) is 1.84. The smallest absolute Gasteiger partial charge is 0.230 e. The molecule has 1 saturated heterocycles. The van der Waals surface area contributed by atoms with E-state index in [1.807, 2.05) is 11.2 Å². The first-order chi connectivity index (χ1) is 11.7. The third kappa shape index (κ3) is 4.33. The molecule has 1 saturated carbocycles. The zero-order valence-electron chi connectivity index (χ0n) is 14.2. The first kappa shape index (κ1) is 17.8. The van der Waals surface area contributed by atoms with E-state index in [-0.39, 0.29) is 17.9 Å². The molecule has 1 aromatic rings. The summed E-state index contributed by atoms with van der Waals surface area (Å²) >= 11 is 3.32. The van der Waals surface area contributed by atoms with Crippen LogP contribution in [0, 0.1) is 11.8 Å². The normalized spacial score (nSPS) is 25.7. The first-order valence-electron chi connectivity index (χ1n) is 8.76. The van der Waals surface area contributed by atoms with Crippen molar-refractivity contribution in [1.82, 2.24) is 10.2 Å². The zero-order valence-corrected chi connectivity index (χ0v) is 15.8. The molecule has 3 atom stereocenters. The van der Waals surface area contributed by atoms with Crippen molar-refractivity contribution in [2.45, 2.75) is 38.1 Å². The molecule has 132 valence electrons. The first-order valence-corrected chi connectivity index (χ1v) is 11.0. The predicted octanol–water partition coefficient (Wildman–Crippen LogP) is 2.79. The minimum Gasteiger partial charge on any atom is -0.352 e. The second-order valence-corrected chi connectivity index (χ2v) is 8.75. The molecular weight excluding hydrogens is 340 g/mol. The van der Waals surface area contributed by atoms with Crippen molar-refractivity contribution in [2.24, 2.45) is 11.8 Å². The lowest BCUT2D eigenvalue weighted by Crippen LogP contribution is -2.54. The van der Waals surface area contributed by atoms with Gasteiger partial charge < -0.3 is 10.2 Å². The van der Waals surface area contributed by atoms with Crippen LogP contribution in [-0.2, 0) is 16.0 Å². The van der Waals surface area contributed by atoms with E-state index in [9.17, 15) is 9.59 Å². The third-order valence-electron chi connectivity index (χ3n) is 5.18. The van der Waals surface area contributed by atoms with Crippen LogP contribution >= 0.6 is 23.1 Å². The summed E-state index contributed by atoms with van der Waals surface area (Å²) in [6.45, 7) is 1.64. The number of aryl methyl sites for hydroxylation is 1. The highest BCUT2D eigenvalue weighted by Gasteiger charge is 2.43. The Balaban J connectivity index is 1.46. The predicted molar refractivity (Wildman–Crippen MR) is 100 cm³/mol. The number of nitrogens with one attached hydrogen (secondary N) is 1. The van der Waals surface area contributed by atoms with E-state index < -0.39 is 0 Å². The minimum absolute atomic E-state index is 0.139. The number of nitrogens with zero attached hydrogens (tertiary/aromatic N) is 1. The fourth-order valence-electron chi connectivity index (χ4n) is 4.05. The summed E-state index contributed by atoms with van der Waals surface area (Å²) in [5, 5.41) is 5.29. The molecule has 3 rings (SSSR count). The molecule has 2 aliphatic rings. The molecule has 1 aliphatic heterocycles. The van der Waals surface area contributed by atoms with Gasteiger partial charge in [0.15, 0.2) is 0 Å². The van der Waals surface area contributed by atoms with Crippen LogP contribution in [0.2, 0.25) is 0 Å². The third-order valence-corrected chi connectivity index (χ3v) is 6.67. The van der Waals surface area contributed by atoms with Gasteiger partial charge in [0.2, 0.25) is 11.8 Å². The number of piperidine rings is 1. The van der Waals surface area contributed by atoms with Crippen molar-refractivity contribution in [2.75, 3.05) is 25.1 Å². The highest BCUT2D eigenvalue weighted by molar-refractivity contribution is 7.99. The fraction of sp³-hybridized carbons (Fsp3) is 0.667. The summed E-state index contributed by atoms with van der Waals surface area (Å²) in [6.07, 6.45) is 6.78.